The number of ether oxygens (including phenoxy) is 1. The third-order valence-corrected chi connectivity index (χ3v) is 9.99. The van der Waals surface area contributed by atoms with E-state index in [2.05, 4.69) is 32.4 Å². The van der Waals surface area contributed by atoms with Crippen LogP contribution in [0, 0.1) is 26.2 Å². The van der Waals surface area contributed by atoms with Crippen LogP contribution in [0.3, 0.4) is 0 Å². The van der Waals surface area contributed by atoms with Crippen molar-refractivity contribution in [3.05, 3.63) is 82.8 Å². The normalized spacial score (nSPS) is 23.5. The molecular formula is C37H41N7O4. The van der Waals surface area contributed by atoms with E-state index in [0.29, 0.717) is 43.1 Å². The van der Waals surface area contributed by atoms with Crippen molar-refractivity contribution < 1.29 is 19.1 Å². The van der Waals surface area contributed by atoms with E-state index in [-0.39, 0.29) is 41.9 Å². The van der Waals surface area contributed by atoms with Gasteiger partial charge in [0.05, 0.1) is 36.9 Å². The van der Waals surface area contributed by atoms with Crippen molar-refractivity contribution in [2.45, 2.75) is 78.6 Å². The van der Waals surface area contributed by atoms with Crippen LogP contribution >= 0.6 is 0 Å². The number of nitrogens with zero attached hydrogens (tertiary/aromatic N) is 6. The van der Waals surface area contributed by atoms with E-state index in [1.54, 1.807) is 22.0 Å². The van der Waals surface area contributed by atoms with Crippen LogP contribution in [0.5, 0.6) is 0 Å². The third kappa shape index (κ3) is 6.08. The van der Waals surface area contributed by atoms with E-state index in [1.807, 2.05) is 45.0 Å². The molecule has 2 fully saturated rings. The number of carbonyl (C=O) groups excluding carboxylic acids is 3. The van der Waals surface area contributed by atoms with Crippen molar-refractivity contribution in [1.82, 2.24) is 34.9 Å². The van der Waals surface area contributed by atoms with Crippen molar-refractivity contribution in [3.8, 4) is 11.1 Å². The van der Waals surface area contributed by atoms with Gasteiger partial charge < -0.3 is 15.0 Å². The highest BCUT2D eigenvalue weighted by atomic mass is 16.5. The summed E-state index contributed by atoms with van der Waals surface area (Å²) in [6.07, 6.45) is 10.0. The molecule has 0 radical (unpaired) electrons. The highest BCUT2D eigenvalue weighted by molar-refractivity contribution is 6.07. The predicted molar refractivity (Wildman–Crippen MR) is 180 cm³/mol. The maximum absolute atomic E-state index is 14.4. The Morgan fingerprint density at radius 2 is 1.88 bits per heavy atom. The Hall–Kier alpha value is -4.61. The molecule has 11 heteroatoms. The minimum Gasteiger partial charge on any atom is -0.377 e. The van der Waals surface area contributed by atoms with Crippen molar-refractivity contribution in [2.75, 3.05) is 19.8 Å². The molecule has 248 valence electrons. The van der Waals surface area contributed by atoms with E-state index in [1.165, 1.54) is 6.92 Å². The average Bonchev–Trinajstić information content (AvgIpc) is 3.46. The van der Waals surface area contributed by atoms with Gasteiger partial charge in [-0.15, -0.1) is 0 Å². The highest BCUT2D eigenvalue weighted by Gasteiger charge is 2.67. The fraction of sp³-hybridized carbons (Fsp3) is 0.432. The van der Waals surface area contributed by atoms with E-state index in [0.717, 1.165) is 58.5 Å². The first-order valence-electron chi connectivity index (χ1n) is 16.7. The number of benzene rings is 1. The Kier molecular flexibility index (Phi) is 8.51. The number of carbonyl (C=O) groups is 3. The zero-order valence-corrected chi connectivity index (χ0v) is 28.0. The monoisotopic (exact) mass is 647 g/mol. The SMILES string of the molecule is CC(=O)c1nn2c3c(cc(-c4cnc(C)nc4)cc13)CNCC/C=C/COC[C@@]13C[C@@H](C(=O)Cc4nc(C)ccc4C)N(C(=O)C2)[C@@H]1C3. The lowest BCUT2D eigenvalue weighted by atomic mass is 9.95. The first-order valence-corrected chi connectivity index (χ1v) is 16.7. The summed E-state index contributed by atoms with van der Waals surface area (Å²) in [5.41, 5.74) is 5.93. The number of pyridine rings is 1. The molecule has 48 heavy (non-hydrogen) atoms. The van der Waals surface area contributed by atoms with E-state index >= 15 is 0 Å². The van der Waals surface area contributed by atoms with Gasteiger partial charge in [0.2, 0.25) is 5.91 Å². The van der Waals surface area contributed by atoms with E-state index in [4.69, 9.17) is 9.84 Å². The van der Waals surface area contributed by atoms with Crippen LogP contribution in [0.4, 0.5) is 0 Å². The summed E-state index contributed by atoms with van der Waals surface area (Å²) in [4.78, 5) is 56.6. The maximum Gasteiger partial charge on any atom is 0.245 e. The molecule has 2 bridgehead atoms. The van der Waals surface area contributed by atoms with Crippen LogP contribution < -0.4 is 5.32 Å². The van der Waals surface area contributed by atoms with Gasteiger partial charge in [0, 0.05) is 54.0 Å². The van der Waals surface area contributed by atoms with Crippen molar-refractivity contribution in [2.24, 2.45) is 5.41 Å². The van der Waals surface area contributed by atoms with Crippen LogP contribution in [0.2, 0.25) is 0 Å². The molecule has 1 N–H and O–H groups in total. The number of aromatic nitrogens is 5. The first kappa shape index (κ1) is 32.0. The molecule has 3 atom stereocenters. The van der Waals surface area contributed by atoms with Crippen LogP contribution in [0.25, 0.3) is 22.0 Å². The quantitative estimate of drug-likeness (QED) is 0.249. The smallest absolute Gasteiger partial charge is 0.245 e. The van der Waals surface area contributed by atoms with Gasteiger partial charge in [-0.1, -0.05) is 18.2 Å². The van der Waals surface area contributed by atoms with Crippen LogP contribution in [0.15, 0.2) is 48.8 Å². The van der Waals surface area contributed by atoms with Crippen molar-refractivity contribution in [1.29, 1.82) is 0 Å². The highest BCUT2D eigenvalue weighted by Crippen LogP contribution is 2.60. The summed E-state index contributed by atoms with van der Waals surface area (Å²) in [7, 11) is 0. The Morgan fingerprint density at radius 3 is 2.67 bits per heavy atom. The number of piperidine rings is 1. The first-order chi connectivity index (χ1) is 23.1. The molecule has 1 saturated heterocycles. The molecule has 0 spiro atoms. The molecule has 7 rings (SSSR count). The lowest BCUT2D eigenvalue weighted by Gasteiger charge is -2.27. The number of amides is 1. The molecule has 1 saturated carbocycles. The second-order valence-electron chi connectivity index (χ2n) is 13.5. The van der Waals surface area contributed by atoms with E-state index in [9.17, 15) is 14.4 Å². The molecule has 1 aliphatic carbocycles. The molecule has 0 unspecified atom stereocenters. The summed E-state index contributed by atoms with van der Waals surface area (Å²) in [5, 5.41) is 8.93. The molecule has 4 aromatic rings. The Balaban J connectivity index is 1.29. The molecule has 5 heterocycles. The van der Waals surface area contributed by atoms with Crippen molar-refractivity contribution >= 4 is 28.4 Å². The lowest BCUT2D eigenvalue weighted by Crippen LogP contribution is -2.45. The Bertz CT molecular complexity index is 1950. The number of Topliss-reactive ketones (excluding diaryl/α,β-unsaturated/α-hetero) is 2. The van der Waals surface area contributed by atoms with Gasteiger partial charge in [0.15, 0.2) is 11.6 Å². The molecule has 1 aromatic carbocycles. The fourth-order valence-electron chi connectivity index (χ4n) is 7.37. The van der Waals surface area contributed by atoms with E-state index < -0.39 is 6.04 Å². The molecule has 3 aliphatic rings. The van der Waals surface area contributed by atoms with Gasteiger partial charge in [-0.25, -0.2) is 9.97 Å². The number of aryl methyl sites for hydroxylation is 3. The number of hydrogen-bond acceptors (Lipinski definition) is 9. The molecule has 3 aromatic heterocycles. The second-order valence-corrected chi connectivity index (χ2v) is 13.5. The van der Waals surface area contributed by atoms with Gasteiger partial charge in [0.25, 0.3) is 0 Å². The number of hydrogen-bond donors (Lipinski definition) is 1. The average molecular weight is 648 g/mol. The zero-order chi connectivity index (χ0) is 33.6. The van der Waals surface area contributed by atoms with Gasteiger partial charge in [0.1, 0.15) is 18.1 Å². The van der Waals surface area contributed by atoms with Crippen LogP contribution in [-0.2, 0) is 33.8 Å². The largest absolute Gasteiger partial charge is 0.377 e. The molecular weight excluding hydrogens is 606 g/mol. The van der Waals surface area contributed by atoms with Crippen LogP contribution in [-0.4, -0.2) is 78.9 Å². The summed E-state index contributed by atoms with van der Waals surface area (Å²) >= 11 is 0. The topological polar surface area (TPSA) is 132 Å². The Morgan fingerprint density at radius 1 is 1.06 bits per heavy atom. The zero-order valence-electron chi connectivity index (χ0n) is 28.0. The summed E-state index contributed by atoms with van der Waals surface area (Å²) in [5.74, 6) is 0.271. The third-order valence-electron chi connectivity index (χ3n) is 9.99. The van der Waals surface area contributed by atoms with Crippen LogP contribution in [0.1, 0.15) is 65.0 Å². The van der Waals surface area contributed by atoms with Gasteiger partial charge in [-0.2, -0.15) is 5.10 Å². The molecule has 11 nitrogen and oxygen atoms in total. The standard InChI is InChI=1S/C37H41N7O4/c1-22-8-9-23(2)41-30(22)14-32(46)31-15-37-16-33(37)44(31)34(47)20-43-36-27(17-38-10-6-5-7-11-48-21-37)12-26(28-18-39-25(4)40-19-28)13-29(36)35(42-43)24(3)45/h5,7-9,12-13,18-19,31,33,38H,6,10-11,14-17,20-21H2,1-4H3/b7-5+/t31-,33+,37-/m0/s1. The maximum atomic E-state index is 14.4. The lowest BCUT2D eigenvalue weighted by molar-refractivity contribution is -0.139. The van der Waals surface area contributed by atoms with Crippen molar-refractivity contribution in [3.63, 3.8) is 0 Å². The van der Waals surface area contributed by atoms with Gasteiger partial charge in [-0.3, -0.25) is 24.0 Å². The molecule has 2 aliphatic heterocycles. The van der Waals surface area contributed by atoms with Gasteiger partial charge >= 0.3 is 0 Å². The number of nitrogens with one attached hydrogen (secondary N) is 1. The summed E-state index contributed by atoms with van der Waals surface area (Å²) in [6, 6.07) is 7.24. The Labute approximate surface area is 279 Å². The predicted octanol–water partition coefficient (Wildman–Crippen LogP) is 4.25. The summed E-state index contributed by atoms with van der Waals surface area (Å²) in [6.45, 7) is 9.32. The minimum atomic E-state index is -0.584. The number of rotatable bonds is 5. The molecule has 1 amide bonds. The minimum absolute atomic E-state index is 0.0185. The fourth-order valence-corrected chi connectivity index (χ4v) is 7.37. The number of ketones is 2. The summed E-state index contributed by atoms with van der Waals surface area (Å²) < 4.78 is 7.76. The van der Waals surface area contributed by atoms with Gasteiger partial charge in [-0.05, 0) is 81.5 Å². The second kappa shape index (κ2) is 12.8.